The Morgan fingerprint density at radius 3 is 2.08 bits per heavy atom. The van der Waals surface area contributed by atoms with E-state index < -0.39 is 0 Å². The third kappa shape index (κ3) is 5.09. The first-order valence-electron chi connectivity index (χ1n) is 8.12. The maximum absolute atomic E-state index is 5.38. The van der Waals surface area contributed by atoms with Crippen molar-refractivity contribution in [1.82, 2.24) is 0 Å². The van der Waals surface area contributed by atoms with Crippen molar-refractivity contribution in [2.75, 3.05) is 32.7 Å². The molecule has 0 amide bonds. The van der Waals surface area contributed by atoms with E-state index in [-0.39, 0.29) is 12.0 Å². The van der Waals surface area contributed by atoms with Crippen molar-refractivity contribution < 1.29 is 14.2 Å². The Labute approximate surface area is 150 Å². The average Bonchev–Trinajstić information content (AvgIpc) is 2.65. The van der Waals surface area contributed by atoms with Crippen LogP contribution in [0.5, 0.6) is 17.2 Å². The number of nitrogens with one attached hydrogen (secondary N) is 1. The van der Waals surface area contributed by atoms with Gasteiger partial charge in [0.15, 0.2) is 0 Å². The van der Waals surface area contributed by atoms with Crippen molar-refractivity contribution in [1.29, 1.82) is 0 Å². The van der Waals surface area contributed by atoms with Crippen LogP contribution in [0.25, 0.3) is 0 Å². The Kier molecular flexibility index (Phi) is 6.19. The Hall–Kier alpha value is -2.80. The molecule has 0 spiro atoms. The number of rotatable bonds is 8. The molecule has 0 aliphatic rings. The molecule has 0 heterocycles. The molecule has 132 valence electrons. The first-order chi connectivity index (χ1) is 12.0. The molecular formula is C21H25NO3. The van der Waals surface area contributed by atoms with Crippen molar-refractivity contribution in [2.24, 2.45) is 0 Å². The number of methoxy groups -OCH3 is 2. The lowest BCUT2D eigenvalue weighted by molar-refractivity contribution is 0.370. The Morgan fingerprint density at radius 1 is 0.960 bits per heavy atom. The number of benzene rings is 2. The van der Waals surface area contributed by atoms with E-state index in [4.69, 9.17) is 20.6 Å². The quantitative estimate of drug-likeness (QED) is 0.735. The number of anilines is 1. The van der Waals surface area contributed by atoms with E-state index >= 15 is 0 Å². The molecular weight excluding hydrogens is 314 g/mol. The predicted molar refractivity (Wildman–Crippen MR) is 102 cm³/mol. The molecule has 0 unspecified atom stereocenters. The molecule has 0 atom stereocenters. The fourth-order valence-electron chi connectivity index (χ4n) is 2.42. The molecule has 0 saturated heterocycles. The van der Waals surface area contributed by atoms with Crippen LogP contribution in [0.15, 0.2) is 42.5 Å². The molecule has 2 aromatic rings. The number of ether oxygens (including phenoxy) is 3. The second-order valence-corrected chi connectivity index (χ2v) is 6.36. The van der Waals surface area contributed by atoms with Gasteiger partial charge in [0.1, 0.15) is 23.9 Å². The summed E-state index contributed by atoms with van der Waals surface area (Å²) in [7, 11) is 3.32. The van der Waals surface area contributed by atoms with E-state index in [1.54, 1.807) is 14.2 Å². The highest BCUT2D eigenvalue weighted by molar-refractivity contribution is 5.48. The predicted octanol–water partition coefficient (Wildman–Crippen LogP) is 4.11. The van der Waals surface area contributed by atoms with Gasteiger partial charge in [0, 0.05) is 23.7 Å². The molecule has 1 N–H and O–H groups in total. The highest BCUT2D eigenvalue weighted by Crippen LogP contribution is 2.31. The van der Waals surface area contributed by atoms with E-state index in [0.717, 1.165) is 35.0 Å². The molecule has 0 bridgehead atoms. The van der Waals surface area contributed by atoms with Gasteiger partial charge >= 0.3 is 0 Å². The highest BCUT2D eigenvalue weighted by atomic mass is 16.5. The summed E-state index contributed by atoms with van der Waals surface area (Å²) in [5.74, 6) is 4.80. The minimum Gasteiger partial charge on any atom is -0.497 e. The van der Waals surface area contributed by atoms with Crippen LogP contribution in [-0.4, -0.2) is 27.4 Å². The molecule has 0 aliphatic heterocycles. The van der Waals surface area contributed by atoms with E-state index in [1.165, 1.54) is 0 Å². The second-order valence-electron chi connectivity index (χ2n) is 6.36. The molecule has 25 heavy (non-hydrogen) atoms. The first-order valence-corrected chi connectivity index (χ1v) is 8.12. The summed E-state index contributed by atoms with van der Waals surface area (Å²) in [6.07, 6.45) is 5.19. The van der Waals surface area contributed by atoms with Crippen LogP contribution >= 0.6 is 0 Å². The summed E-state index contributed by atoms with van der Waals surface area (Å²) in [4.78, 5) is 0. The summed E-state index contributed by atoms with van der Waals surface area (Å²) in [6, 6.07) is 13.7. The van der Waals surface area contributed by atoms with E-state index in [1.807, 2.05) is 42.5 Å². The normalized spacial score (nSPS) is 10.7. The second kappa shape index (κ2) is 8.34. The molecule has 0 fully saturated rings. The first kappa shape index (κ1) is 18.5. The van der Waals surface area contributed by atoms with Crippen LogP contribution in [0.2, 0.25) is 0 Å². The van der Waals surface area contributed by atoms with Crippen LogP contribution in [0.3, 0.4) is 0 Å². The number of hydrogen-bond acceptors (Lipinski definition) is 4. The molecule has 2 aromatic carbocycles. The molecule has 0 aliphatic carbocycles. The van der Waals surface area contributed by atoms with Crippen molar-refractivity contribution in [2.45, 2.75) is 19.3 Å². The summed E-state index contributed by atoms with van der Waals surface area (Å²) >= 11 is 0. The minimum atomic E-state index is -0.111. The number of terminal acetylenes is 1. The lowest BCUT2D eigenvalue weighted by Gasteiger charge is -2.27. The van der Waals surface area contributed by atoms with Crippen molar-refractivity contribution in [3.63, 3.8) is 0 Å². The third-order valence-electron chi connectivity index (χ3n) is 4.04. The molecule has 2 rings (SSSR count). The Morgan fingerprint density at radius 2 is 1.56 bits per heavy atom. The van der Waals surface area contributed by atoms with Crippen LogP contribution in [0.1, 0.15) is 19.4 Å². The summed E-state index contributed by atoms with van der Waals surface area (Å²) < 4.78 is 16.1. The van der Waals surface area contributed by atoms with Crippen molar-refractivity contribution in [3.8, 4) is 29.6 Å². The van der Waals surface area contributed by atoms with Gasteiger partial charge in [-0.25, -0.2) is 0 Å². The van der Waals surface area contributed by atoms with E-state index in [2.05, 4.69) is 25.1 Å². The van der Waals surface area contributed by atoms with Crippen LogP contribution in [0, 0.1) is 12.3 Å². The molecule has 0 aromatic heterocycles. The van der Waals surface area contributed by atoms with Gasteiger partial charge in [0.05, 0.1) is 14.2 Å². The van der Waals surface area contributed by atoms with Gasteiger partial charge in [-0.3, -0.25) is 0 Å². The third-order valence-corrected chi connectivity index (χ3v) is 4.04. The standard InChI is InChI=1S/C21H25NO3/c1-6-11-25-18-9-7-17(8-10-18)22-15-21(2,3)16-12-19(23-4)14-20(13-16)24-5/h1,7-10,12-14,22H,11,15H2,2-5H3. The lowest BCUT2D eigenvalue weighted by atomic mass is 9.84. The van der Waals surface area contributed by atoms with Gasteiger partial charge < -0.3 is 19.5 Å². The van der Waals surface area contributed by atoms with Gasteiger partial charge in [-0.15, -0.1) is 6.42 Å². The zero-order valence-electron chi connectivity index (χ0n) is 15.3. The van der Waals surface area contributed by atoms with Gasteiger partial charge in [-0.1, -0.05) is 19.8 Å². The monoisotopic (exact) mass is 339 g/mol. The zero-order chi connectivity index (χ0) is 18.3. The van der Waals surface area contributed by atoms with Crippen molar-refractivity contribution >= 4 is 5.69 Å². The maximum atomic E-state index is 5.38. The van der Waals surface area contributed by atoms with Gasteiger partial charge in [-0.05, 0) is 42.0 Å². The maximum Gasteiger partial charge on any atom is 0.148 e. The Bertz CT molecular complexity index is 708. The summed E-state index contributed by atoms with van der Waals surface area (Å²) in [5, 5.41) is 3.46. The Balaban J connectivity index is 2.07. The summed E-state index contributed by atoms with van der Waals surface area (Å²) in [5.41, 5.74) is 2.06. The average molecular weight is 339 g/mol. The van der Waals surface area contributed by atoms with Gasteiger partial charge in [-0.2, -0.15) is 0 Å². The zero-order valence-corrected chi connectivity index (χ0v) is 15.3. The summed E-state index contributed by atoms with van der Waals surface area (Å²) in [6.45, 7) is 5.39. The van der Waals surface area contributed by atoms with Crippen LogP contribution in [0.4, 0.5) is 5.69 Å². The molecule has 0 radical (unpaired) electrons. The van der Waals surface area contributed by atoms with Crippen LogP contribution in [-0.2, 0) is 5.41 Å². The highest BCUT2D eigenvalue weighted by Gasteiger charge is 2.22. The fourth-order valence-corrected chi connectivity index (χ4v) is 2.42. The van der Waals surface area contributed by atoms with Gasteiger partial charge in [0.2, 0.25) is 0 Å². The number of hydrogen-bond donors (Lipinski definition) is 1. The molecule has 0 saturated carbocycles. The topological polar surface area (TPSA) is 39.7 Å². The van der Waals surface area contributed by atoms with E-state index in [9.17, 15) is 0 Å². The molecule has 4 nitrogen and oxygen atoms in total. The van der Waals surface area contributed by atoms with Crippen molar-refractivity contribution in [3.05, 3.63) is 48.0 Å². The molecule has 4 heteroatoms. The minimum absolute atomic E-state index is 0.111. The fraction of sp³-hybridized carbons (Fsp3) is 0.333. The SMILES string of the molecule is C#CCOc1ccc(NCC(C)(C)c2cc(OC)cc(OC)c2)cc1. The van der Waals surface area contributed by atoms with Crippen LogP contribution < -0.4 is 19.5 Å². The largest absolute Gasteiger partial charge is 0.497 e. The lowest BCUT2D eigenvalue weighted by Crippen LogP contribution is -2.27. The van der Waals surface area contributed by atoms with Gasteiger partial charge in [0.25, 0.3) is 0 Å². The van der Waals surface area contributed by atoms with E-state index in [0.29, 0.717) is 0 Å². The smallest absolute Gasteiger partial charge is 0.148 e.